The van der Waals surface area contributed by atoms with E-state index in [4.69, 9.17) is 5.73 Å². The van der Waals surface area contributed by atoms with Crippen LogP contribution in [0.3, 0.4) is 0 Å². The number of aliphatic hydroxyl groups is 7. The molecule has 3 saturated heterocycles. The summed E-state index contributed by atoms with van der Waals surface area (Å²) in [6.45, 7) is 6.32. The lowest BCUT2D eigenvalue weighted by atomic mass is 9.91. The van der Waals surface area contributed by atoms with Crippen LogP contribution in [0.25, 0.3) is 0 Å². The van der Waals surface area contributed by atoms with Gasteiger partial charge in [-0.3, -0.25) is 38.4 Å². The largest absolute Gasteiger partial charge is 0.508 e. The van der Waals surface area contributed by atoms with Crippen molar-refractivity contribution in [3.8, 4) is 5.75 Å². The summed E-state index contributed by atoms with van der Waals surface area (Å²) in [5, 5.41) is 99.8. The van der Waals surface area contributed by atoms with Crippen LogP contribution in [0.2, 0.25) is 0 Å². The lowest BCUT2D eigenvalue weighted by Gasteiger charge is -2.34. The van der Waals surface area contributed by atoms with Crippen LogP contribution >= 0.6 is 0 Å². The predicted octanol–water partition coefficient (Wildman–Crippen LogP) is -2.66. The van der Waals surface area contributed by atoms with Gasteiger partial charge in [0.15, 0.2) is 0 Å². The molecular formula is C50H80N8O16. The zero-order chi connectivity index (χ0) is 55.0. The quantitative estimate of drug-likeness (QED) is 0.0593. The van der Waals surface area contributed by atoms with Crippen molar-refractivity contribution >= 4 is 47.3 Å². The number of fused-ring (bicyclic) bond motifs is 2. The number of aromatic hydroxyl groups is 1. The fraction of sp³-hybridized carbons (Fsp3) is 0.720. The van der Waals surface area contributed by atoms with E-state index in [-0.39, 0.29) is 30.7 Å². The van der Waals surface area contributed by atoms with Gasteiger partial charge in [-0.1, -0.05) is 77.8 Å². The number of amides is 8. The number of hydrogen-bond donors (Lipinski definition) is 14. The van der Waals surface area contributed by atoms with Crippen molar-refractivity contribution in [2.24, 2.45) is 17.6 Å². The number of aliphatic hydroxyl groups excluding tert-OH is 7. The summed E-state index contributed by atoms with van der Waals surface area (Å²) in [6.07, 6.45) is -6.34. The average Bonchev–Trinajstić information content (AvgIpc) is 3.94. The van der Waals surface area contributed by atoms with Crippen LogP contribution in [0.4, 0.5) is 0 Å². The monoisotopic (exact) mass is 1050 g/mol. The molecule has 4 rings (SSSR count). The normalized spacial score (nSPS) is 28.2. The number of phenols is 1. The highest BCUT2D eigenvalue weighted by molar-refractivity contribution is 5.98. The molecule has 15 atom stereocenters. The van der Waals surface area contributed by atoms with Crippen molar-refractivity contribution in [2.45, 2.75) is 197 Å². The van der Waals surface area contributed by atoms with E-state index in [9.17, 15) is 79.2 Å². The van der Waals surface area contributed by atoms with E-state index < -0.39 is 159 Å². The molecule has 3 aliphatic heterocycles. The number of carbonyl (C=O) groups excluding carboxylic acids is 8. The lowest BCUT2D eigenvalue weighted by Crippen LogP contribution is -2.64. The Balaban J connectivity index is 1.67. The molecule has 416 valence electrons. The molecule has 3 fully saturated rings. The minimum absolute atomic E-state index is 0.0125. The van der Waals surface area contributed by atoms with E-state index >= 15 is 0 Å². The fourth-order valence-corrected chi connectivity index (χ4v) is 9.77. The van der Waals surface area contributed by atoms with Crippen LogP contribution in [0.15, 0.2) is 24.3 Å². The summed E-state index contributed by atoms with van der Waals surface area (Å²) in [5.41, 5.74) is 5.24. The first-order valence-electron chi connectivity index (χ1n) is 25.9. The third kappa shape index (κ3) is 17.6. The van der Waals surface area contributed by atoms with Gasteiger partial charge in [0, 0.05) is 38.9 Å². The molecule has 0 aromatic heterocycles. The molecule has 0 bridgehead atoms. The summed E-state index contributed by atoms with van der Waals surface area (Å²) in [4.78, 5) is 112. The Morgan fingerprint density at radius 3 is 1.99 bits per heavy atom. The first-order valence-corrected chi connectivity index (χ1v) is 25.9. The Bertz CT molecular complexity index is 2070. The van der Waals surface area contributed by atoms with Crippen LogP contribution in [0.1, 0.15) is 129 Å². The van der Waals surface area contributed by atoms with Crippen LogP contribution in [-0.2, 0) is 38.4 Å². The molecule has 3 aliphatic rings. The molecule has 0 saturated carbocycles. The topological polar surface area (TPSA) is 391 Å². The summed E-state index contributed by atoms with van der Waals surface area (Å²) < 4.78 is 0. The average molecular weight is 1050 g/mol. The van der Waals surface area contributed by atoms with Gasteiger partial charge in [0.1, 0.15) is 54.2 Å². The highest BCUT2D eigenvalue weighted by atomic mass is 16.3. The van der Waals surface area contributed by atoms with E-state index in [1.54, 1.807) is 0 Å². The number of hydrogen-bond acceptors (Lipinski definition) is 16. The van der Waals surface area contributed by atoms with Crippen LogP contribution < -0.4 is 32.3 Å². The summed E-state index contributed by atoms with van der Waals surface area (Å²) in [7, 11) is 0. The van der Waals surface area contributed by atoms with E-state index in [1.807, 2.05) is 0 Å². The van der Waals surface area contributed by atoms with Gasteiger partial charge >= 0.3 is 0 Å². The van der Waals surface area contributed by atoms with Crippen molar-refractivity contribution in [1.29, 1.82) is 0 Å². The highest BCUT2D eigenvalue weighted by Crippen LogP contribution is 2.26. The number of rotatable bonds is 20. The Kier molecular flexibility index (Phi) is 23.9. The number of nitrogens with two attached hydrogens (primary N) is 1. The van der Waals surface area contributed by atoms with Gasteiger partial charge in [-0.2, -0.15) is 0 Å². The van der Waals surface area contributed by atoms with Crippen LogP contribution in [0.5, 0.6) is 5.75 Å². The number of phenolic OH excluding ortho intramolecular Hbond substituents is 1. The van der Waals surface area contributed by atoms with Gasteiger partial charge in [-0.15, -0.1) is 0 Å². The van der Waals surface area contributed by atoms with Gasteiger partial charge in [0.2, 0.25) is 47.3 Å². The lowest BCUT2D eigenvalue weighted by molar-refractivity contribution is -0.148. The number of nitrogens with zero attached hydrogens (tertiary/aromatic N) is 2. The Hall–Kier alpha value is -5.50. The minimum atomic E-state index is -2.33. The number of unbranched alkanes of at least 4 members (excludes halogenated alkanes) is 5. The van der Waals surface area contributed by atoms with Gasteiger partial charge in [0.05, 0.1) is 36.9 Å². The van der Waals surface area contributed by atoms with Crippen molar-refractivity contribution in [3.63, 3.8) is 0 Å². The van der Waals surface area contributed by atoms with Crippen molar-refractivity contribution in [2.75, 3.05) is 19.6 Å². The molecule has 0 radical (unpaired) electrons. The Morgan fingerprint density at radius 2 is 1.35 bits per heavy atom. The third-order valence-corrected chi connectivity index (χ3v) is 14.2. The maximum absolute atomic E-state index is 14.4. The highest BCUT2D eigenvalue weighted by Gasteiger charge is 2.48. The number of benzene rings is 1. The molecule has 24 heteroatoms. The Morgan fingerprint density at radius 1 is 0.743 bits per heavy atom. The summed E-state index contributed by atoms with van der Waals surface area (Å²) in [5.74, 6) is -7.85. The van der Waals surface area contributed by atoms with Gasteiger partial charge in [0.25, 0.3) is 0 Å². The molecule has 0 spiro atoms. The van der Waals surface area contributed by atoms with Crippen molar-refractivity contribution in [3.05, 3.63) is 29.8 Å². The summed E-state index contributed by atoms with van der Waals surface area (Å²) in [6, 6.07) is -6.74. The molecule has 1 aromatic rings. The van der Waals surface area contributed by atoms with E-state index in [2.05, 4.69) is 47.4 Å². The van der Waals surface area contributed by atoms with Gasteiger partial charge < -0.3 is 83.0 Å². The number of β-amino-alcohol motifs (C(OH)–C–C–N with tert-alkyl or cyclic N) is 1. The second-order valence-corrected chi connectivity index (χ2v) is 20.5. The summed E-state index contributed by atoms with van der Waals surface area (Å²) >= 11 is 0. The fourth-order valence-electron chi connectivity index (χ4n) is 9.77. The molecule has 24 nitrogen and oxygen atoms in total. The molecule has 3 heterocycles. The maximum Gasteiger partial charge on any atom is 0.248 e. The van der Waals surface area contributed by atoms with Crippen LogP contribution in [-0.4, -0.2) is 190 Å². The van der Waals surface area contributed by atoms with Crippen LogP contribution in [0, 0.1) is 11.8 Å². The zero-order valence-corrected chi connectivity index (χ0v) is 42.8. The molecule has 0 aliphatic carbocycles. The SMILES string of the molecule is CC[C@H](C)C[C@H](C)CCCCCCCCC(=O)N[C@H]1C[C@@H](O)CNC(=O)[C@@H]2[C@@H](O)CCN2C(=O)[C@H]([C@H](O)CC(N)=O)NC(=O)[C@H]([C@H](O)[C@@H](O)c2ccc(O)cc2)NC(=O)[C@@H]2C[C@@H](O)CN2C(=O)[C@H]([C@@H](C)O)NC1=O. The van der Waals surface area contributed by atoms with Crippen molar-refractivity contribution in [1.82, 2.24) is 36.4 Å². The van der Waals surface area contributed by atoms with E-state index in [1.165, 1.54) is 18.6 Å². The molecule has 8 amide bonds. The van der Waals surface area contributed by atoms with Crippen molar-refractivity contribution < 1.29 is 79.2 Å². The zero-order valence-electron chi connectivity index (χ0n) is 42.8. The smallest absolute Gasteiger partial charge is 0.248 e. The number of carbonyl (C=O) groups is 8. The standard InChI is InChI=1S/C50H80N8O16/c1-5-26(2)20-27(3)12-10-8-6-7-9-11-13-38(66)53-33-21-31(61)24-52-48(72)42-35(63)18-19-57(42)50(74)40(36(64)23-37(51)65)55-47(71)41(44(68)43(67)29-14-16-30(60)17-15-29)56-46(70)34-22-32(62)25-58(34)49(73)39(28(4)59)54-45(33)69/h14-17,26-28,31-36,39-44,59-64,67-68H,5-13,18-25H2,1-4H3,(H2,51,65)(H,52,72)(H,53,66)(H,54,69)(H,55,71)(H,56,70)/t26-,27+,28+,31+,32+,33-,34-,35-,36+,39-,40-,41-,42-,43-,44-/m0/s1. The van der Waals surface area contributed by atoms with Gasteiger partial charge in [-0.05, 0) is 55.7 Å². The maximum atomic E-state index is 14.4. The second-order valence-electron chi connectivity index (χ2n) is 20.5. The second kappa shape index (κ2) is 29.0. The first kappa shape index (κ1) is 61.1. The minimum Gasteiger partial charge on any atom is -0.508 e. The van der Waals surface area contributed by atoms with E-state index in [0.717, 1.165) is 73.8 Å². The third-order valence-electron chi connectivity index (χ3n) is 14.2. The molecule has 1 aromatic carbocycles. The number of primary amides is 1. The molecule has 74 heavy (non-hydrogen) atoms. The molecule has 0 unspecified atom stereocenters. The first-order chi connectivity index (χ1) is 34.9. The molecule has 15 N–H and O–H groups in total. The van der Waals surface area contributed by atoms with E-state index in [0.29, 0.717) is 18.3 Å². The Labute approximate surface area is 431 Å². The predicted molar refractivity (Wildman–Crippen MR) is 264 cm³/mol. The molecular weight excluding hydrogens is 969 g/mol. The van der Waals surface area contributed by atoms with Gasteiger partial charge in [-0.25, -0.2) is 0 Å². The number of nitrogens with one attached hydrogen (secondary N) is 5.